The zero-order chi connectivity index (χ0) is 14.4. The van der Waals surface area contributed by atoms with Crippen LogP contribution in [0, 0.1) is 0 Å². The monoisotopic (exact) mass is 277 g/mol. The van der Waals surface area contributed by atoms with Gasteiger partial charge in [-0.05, 0) is 23.6 Å². The van der Waals surface area contributed by atoms with E-state index in [0.717, 1.165) is 27.6 Å². The van der Waals surface area contributed by atoms with Gasteiger partial charge in [-0.3, -0.25) is 19.7 Å². The Hall–Kier alpha value is -2.66. The molecule has 0 spiro atoms. The number of carbonyl (C=O) groups excluding carboxylic acids is 1. The van der Waals surface area contributed by atoms with E-state index >= 15 is 0 Å². The second kappa shape index (κ2) is 4.43. The van der Waals surface area contributed by atoms with Gasteiger partial charge < -0.3 is 4.74 Å². The molecule has 0 bridgehead atoms. The van der Waals surface area contributed by atoms with Crippen LogP contribution in [-0.2, 0) is 11.3 Å². The fourth-order valence-corrected chi connectivity index (χ4v) is 2.78. The van der Waals surface area contributed by atoms with Gasteiger partial charge in [-0.1, -0.05) is 0 Å². The third kappa shape index (κ3) is 1.61. The molecule has 0 aliphatic heterocycles. The first-order valence-corrected chi connectivity index (χ1v) is 6.57. The highest BCUT2D eigenvalue weighted by Gasteiger charge is 2.28. The van der Waals surface area contributed by atoms with E-state index in [-0.39, 0.29) is 5.78 Å². The van der Waals surface area contributed by atoms with Gasteiger partial charge in [-0.15, -0.1) is 0 Å². The molecule has 3 aromatic heterocycles. The molecule has 3 heterocycles. The maximum absolute atomic E-state index is 12.6. The van der Waals surface area contributed by atoms with Crippen molar-refractivity contribution in [2.75, 3.05) is 7.11 Å². The molecule has 0 aromatic carbocycles. The summed E-state index contributed by atoms with van der Waals surface area (Å²) < 4.78 is 5.21. The largest absolute Gasteiger partial charge is 0.380 e. The number of ether oxygens (including phenoxy) is 1. The number of carbonyl (C=O) groups is 1. The van der Waals surface area contributed by atoms with Crippen LogP contribution in [0.4, 0.5) is 0 Å². The third-order valence-electron chi connectivity index (χ3n) is 3.68. The molecule has 4 rings (SSSR count). The Kier molecular flexibility index (Phi) is 2.55. The van der Waals surface area contributed by atoms with Crippen molar-refractivity contribution < 1.29 is 9.53 Å². The molecule has 0 fully saturated rings. The molecule has 0 saturated heterocycles. The van der Waals surface area contributed by atoms with Gasteiger partial charge in [-0.25, -0.2) is 0 Å². The van der Waals surface area contributed by atoms with Crippen molar-refractivity contribution in [1.82, 2.24) is 15.0 Å². The minimum absolute atomic E-state index is 0.153. The lowest BCUT2D eigenvalue weighted by molar-refractivity contribution is 0.103. The molecule has 0 radical (unpaired) electrons. The molecule has 0 N–H and O–H groups in total. The Labute approximate surface area is 120 Å². The predicted octanol–water partition coefficient (Wildman–Crippen LogP) is 2.38. The maximum atomic E-state index is 12.6. The standard InChI is InChI=1S/C16H11N3O2/c1-21-8-9-7-19-13-11-3-2-5-17-14(11)16(20)15-12(13)10(9)4-6-18-15/h2-7H,8H2,1H3. The normalized spacial score (nSPS) is 12.5. The number of fused-ring (bicyclic) bond motifs is 2. The van der Waals surface area contributed by atoms with Crippen LogP contribution in [0.1, 0.15) is 21.7 Å². The summed E-state index contributed by atoms with van der Waals surface area (Å²) in [6, 6.07) is 5.57. The van der Waals surface area contributed by atoms with Crippen molar-refractivity contribution in [1.29, 1.82) is 0 Å². The summed E-state index contributed by atoms with van der Waals surface area (Å²) in [6.45, 7) is 0.446. The molecule has 5 heteroatoms. The zero-order valence-electron chi connectivity index (χ0n) is 11.3. The van der Waals surface area contributed by atoms with Gasteiger partial charge in [0, 0.05) is 42.2 Å². The first-order chi connectivity index (χ1) is 10.3. The highest BCUT2D eigenvalue weighted by atomic mass is 16.5. The summed E-state index contributed by atoms with van der Waals surface area (Å²) >= 11 is 0. The van der Waals surface area contributed by atoms with Gasteiger partial charge in [0.15, 0.2) is 0 Å². The quantitative estimate of drug-likeness (QED) is 0.563. The van der Waals surface area contributed by atoms with Crippen molar-refractivity contribution in [2.45, 2.75) is 6.61 Å². The molecule has 0 unspecified atom stereocenters. The van der Waals surface area contributed by atoms with E-state index in [1.807, 2.05) is 18.2 Å². The number of pyridine rings is 3. The zero-order valence-corrected chi connectivity index (χ0v) is 11.3. The van der Waals surface area contributed by atoms with Crippen molar-refractivity contribution >= 4 is 16.6 Å². The molecule has 0 atom stereocenters. The summed E-state index contributed by atoms with van der Waals surface area (Å²) in [5, 5.41) is 1.74. The van der Waals surface area contributed by atoms with E-state index < -0.39 is 0 Å². The van der Waals surface area contributed by atoms with Crippen molar-refractivity contribution in [3.63, 3.8) is 0 Å². The summed E-state index contributed by atoms with van der Waals surface area (Å²) in [5.41, 5.74) is 3.30. The SMILES string of the molecule is COCc1cnc2c3c(nccc13)C(=O)c1ncccc1-2. The van der Waals surface area contributed by atoms with Gasteiger partial charge >= 0.3 is 0 Å². The summed E-state index contributed by atoms with van der Waals surface area (Å²) in [6.07, 6.45) is 5.05. The lowest BCUT2D eigenvalue weighted by Gasteiger charge is -2.18. The highest BCUT2D eigenvalue weighted by Crippen LogP contribution is 2.37. The summed E-state index contributed by atoms with van der Waals surface area (Å²) in [7, 11) is 1.64. The van der Waals surface area contributed by atoms with Crippen LogP contribution in [-0.4, -0.2) is 27.8 Å². The second-order valence-corrected chi connectivity index (χ2v) is 4.88. The minimum Gasteiger partial charge on any atom is -0.380 e. The van der Waals surface area contributed by atoms with Gasteiger partial charge in [0.1, 0.15) is 11.4 Å². The van der Waals surface area contributed by atoms with E-state index in [1.165, 1.54) is 0 Å². The highest BCUT2D eigenvalue weighted by molar-refractivity contribution is 6.23. The molecule has 3 aromatic rings. The predicted molar refractivity (Wildman–Crippen MR) is 76.9 cm³/mol. The maximum Gasteiger partial charge on any atom is 0.231 e. The molecule has 1 aliphatic rings. The van der Waals surface area contributed by atoms with Crippen LogP contribution in [0.3, 0.4) is 0 Å². The molecular formula is C16H11N3O2. The van der Waals surface area contributed by atoms with Gasteiger partial charge in [0.05, 0.1) is 12.3 Å². The van der Waals surface area contributed by atoms with Crippen LogP contribution in [0.25, 0.3) is 22.0 Å². The number of ketones is 1. The molecule has 102 valence electrons. The second-order valence-electron chi connectivity index (χ2n) is 4.88. The molecule has 0 saturated carbocycles. The van der Waals surface area contributed by atoms with Crippen LogP contribution in [0.2, 0.25) is 0 Å². The van der Waals surface area contributed by atoms with Crippen LogP contribution in [0.15, 0.2) is 36.8 Å². The van der Waals surface area contributed by atoms with E-state index in [0.29, 0.717) is 18.0 Å². The van der Waals surface area contributed by atoms with E-state index in [4.69, 9.17) is 4.74 Å². The number of hydrogen-bond acceptors (Lipinski definition) is 5. The molecule has 5 nitrogen and oxygen atoms in total. The average molecular weight is 277 g/mol. The lowest BCUT2D eigenvalue weighted by Crippen LogP contribution is -2.15. The molecule has 1 aliphatic carbocycles. The van der Waals surface area contributed by atoms with Gasteiger partial charge in [0.25, 0.3) is 0 Å². The van der Waals surface area contributed by atoms with Gasteiger partial charge in [0.2, 0.25) is 5.78 Å². The summed E-state index contributed by atoms with van der Waals surface area (Å²) in [5.74, 6) is -0.153. The smallest absolute Gasteiger partial charge is 0.231 e. The molecule has 0 amide bonds. The number of methoxy groups -OCH3 is 1. The topological polar surface area (TPSA) is 65.0 Å². The van der Waals surface area contributed by atoms with E-state index in [9.17, 15) is 4.79 Å². The number of hydrogen-bond donors (Lipinski definition) is 0. The lowest BCUT2D eigenvalue weighted by atomic mass is 9.91. The number of aromatic nitrogens is 3. The van der Waals surface area contributed by atoms with Gasteiger partial charge in [-0.2, -0.15) is 0 Å². The molecular weight excluding hydrogens is 266 g/mol. The molecule has 21 heavy (non-hydrogen) atoms. The third-order valence-corrected chi connectivity index (χ3v) is 3.68. The van der Waals surface area contributed by atoms with Crippen molar-refractivity contribution in [3.05, 3.63) is 53.7 Å². The Morgan fingerprint density at radius 3 is 2.76 bits per heavy atom. The van der Waals surface area contributed by atoms with E-state index in [1.54, 1.807) is 25.7 Å². The Morgan fingerprint density at radius 1 is 1.05 bits per heavy atom. The fourth-order valence-electron chi connectivity index (χ4n) is 2.78. The average Bonchev–Trinajstić information content (AvgIpc) is 2.54. The first-order valence-electron chi connectivity index (χ1n) is 6.57. The van der Waals surface area contributed by atoms with E-state index in [2.05, 4.69) is 15.0 Å². The Bertz CT molecular complexity index is 890. The first kappa shape index (κ1) is 12.1. The minimum atomic E-state index is -0.153. The van der Waals surface area contributed by atoms with Crippen molar-refractivity contribution in [2.24, 2.45) is 0 Å². The number of nitrogens with zero attached hydrogens (tertiary/aromatic N) is 3. The van der Waals surface area contributed by atoms with Crippen LogP contribution in [0.5, 0.6) is 0 Å². The van der Waals surface area contributed by atoms with Crippen LogP contribution >= 0.6 is 0 Å². The van der Waals surface area contributed by atoms with Crippen molar-refractivity contribution in [3.8, 4) is 11.3 Å². The summed E-state index contributed by atoms with van der Waals surface area (Å²) in [4.78, 5) is 25.5. The number of rotatable bonds is 2. The Balaban J connectivity index is 2.15. The Morgan fingerprint density at radius 2 is 1.90 bits per heavy atom. The fraction of sp³-hybridized carbons (Fsp3) is 0.125. The van der Waals surface area contributed by atoms with Crippen LogP contribution < -0.4 is 0 Å².